The number of rotatable bonds is 8. The maximum atomic E-state index is 12.9. The van der Waals surface area contributed by atoms with Crippen LogP contribution in [0.3, 0.4) is 0 Å². The summed E-state index contributed by atoms with van der Waals surface area (Å²) in [5, 5.41) is 0. The zero-order valence-electron chi connectivity index (χ0n) is 15.8. The van der Waals surface area contributed by atoms with Crippen molar-refractivity contribution in [1.29, 1.82) is 0 Å². The molecule has 0 N–H and O–H groups in total. The van der Waals surface area contributed by atoms with Crippen molar-refractivity contribution in [3.8, 4) is 11.3 Å². The fourth-order valence-corrected chi connectivity index (χ4v) is 2.72. The fraction of sp³-hybridized carbons (Fsp3) is 0.174. The van der Waals surface area contributed by atoms with Crippen molar-refractivity contribution in [2.45, 2.75) is 19.8 Å². The number of halogens is 1. The Labute approximate surface area is 167 Å². The van der Waals surface area contributed by atoms with E-state index in [9.17, 15) is 18.8 Å². The van der Waals surface area contributed by atoms with Crippen molar-refractivity contribution in [1.82, 2.24) is 0 Å². The van der Waals surface area contributed by atoms with E-state index >= 15 is 0 Å². The fourth-order valence-electron chi connectivity index (χ4n) is 2.72. The normalized spacial score (nSPS) is 10.6. The van der Waals surface area contributed by atoms with Gasteiger partial charge in [0.1, 0.15) is 11.6 Å². The summed E-state index contributed by atoms with van der Waals surface area (Å²) in [7, 11) is 0. The molecule has 3 aromatic rings. The Morgan fingerprint density at radius 1 is 0.897 bits per heavy atom. The second kappa shape index (κ2) is 9.10. The van der Waals surface area contributed by atoms with E-state index < -0.39 is 11.8 Å². The van der Waals surface area contributed by atoms with E-state index in [1.54, 1.807) is 30.3 Å². The number of hydrogen-bond acceptors (Lipinski definition) is 5. The van der Waals surface area contributed by atoms with Gasteiger partial charge in [-0.1, -0.05) is 24.3 Å². The molecule has 0 spiro atoms. The van der Waals surface area contributed by atoms with E-state index in [0.717, 1.165) is 5.56 Å². The molecule has 0 aliphatic heterocycles. The highest BCUT2D eigenvalue weighted by molar-refractivity contribution is 5.96. The maximum Gasteiger partial charge on any atom is 0.374 e. The maximum absolute atomic E-state index is 12.9. The molecule has 29 heavy (non-hydrogen) atoms. The lowest BCUT2D eigenvalue weighted by Gasteiger charge is -2.03. The van der Waals surface area contributed by atoms with Crippen molar-refractivity contribution in [2.24, 2.45) is 0 Å². The first-order valence-electron chi connectivity index (χ1n) is 9.11. The van der Waals surface area contributed by atoms with E-state index in [1.165, 1.54) is 37.3 Å². The van der Waals surface area contributed by atoms with Crippen molar-refractivity contribution < 1.29 is 27.9 Å². The Hall–Kier alpha value is -3.54. The van der Waals surface area contributed by atoms with Gasteiger partial charge in [0.2, 0.25) is 5.76 Å². The molecule has 0 radical (unpaired) electrons. The van der Waals surface area contributed by atoms with Crippen LogP contribution in [0.25, 0.3) is 11.3 Å². The summed E-state index contributed by atoms with van der Waals surface area (Å²) in [6, 6.07) is 15.3. The van der Waals surface area contributed by atoms with Gasteiger partial charge in [-0.05, 0) is 49.7 Å². The standard InChI is InChI=1S/C23H19FO5/c1-15(25)16-4-6-18(7-5-16)21-12-13-22(29-21)23(27)28-14-2-3-20(26)17-8-10-19(24)11-9-17/h4-13H,2-3,14H2,1H3. The van der Waals surface area contributed by atoms with Gasteiger partial charge in [0.25, 0.3) is 0 Å². The van der Waals surface area contributed by atoms with Crippen molar-refractivity contribution in [3.63, 3.8) is 0 Å². The number of carbonyl (C=O) groups is 3. The average Bonchev–Trinajstić information content (AvgIpc) is 3.22. The summed E-state index contributed by atoms with van der Waals surface area (Å²) in [6.45, 7) is 1.55. The quantitative estimate of drug-likeness (QED) is 0.302. The van der Waals surface area contributed by atoms with Crippen LogP contribution < -0.4 is 0 Å². The molecule has 1 heterocycles. The van der Waals surface area contributed by atoms with Gasteiger partial charge in [-0.15, -0.1) is 0 Å². The van der Waals surface area contributed by atoms with E-state index in [4.69, 9.17) is 9.15 Å². The minimum absolute atomic E-state index is 0.0295. The smallest absolute Gasteiger partial charge is 0.374 e. The first kappa shape index (κ1) is 20.2. The summed E-state index contributed by atoms with van der Waals surface area (Å²) in [5.74, 6) is -0.651. The van der Waals surface area contributed by atoms with Crippen LogP contribution in [0.15, 0.2) is 65.1 Å². The molecule has 0 aliphatic rings. The van der Waals surface area contributed by atoms with Crippen LogP contribution in [0.2, 0.25) is 0 Å². The molecule has 0 saturated heterocycles. The van der Waals surface area contributed by atoms with Crippen LogP contribution in [0.4, 0.5) is 4.39 Å². The number of ketones is 2. The molecule has 0 saturated carbocycles. The highest BCUT2D eigenvalue weighted by atomic mass is 19.1. The number of furan rings is 1. The number of Topliss-reactive ketones (excluding diaryl/α,β-unsaturated/α-hetero) is 2. The van der Waals surface area contributed by atoms with Crippen LogP contribution in [0.5, 0.6) is 0 Å². The van der Waals surface area contributed by atoms with Crippen LogP contribution in [0.1, 0.15) is 51.0 Å². The van der Waals surface area contributed by atoms with Gasteiger partial charge in [0, 0.05) is 23.1 Å². The van der Waals surface area contributed by atoms with Gasteiger partial charge in [-0.3, -0.25) is 9.59 Å². The van der Waals surface area contributed by atoms with Crippen LogP contribution in [-0.4, -0.2) is 24.1 Å². The minimum Gasteiger partial charge on any atom is -0.460 e. The Morgan fingerprint density at radius 3 is 2.21 bits per heavy atom. The molecule has 0 bridgehead atoms. The predicted molar refractivity (Wildman–Crippen MR) is 104 cm³/mol. The summed E-state index contributed by atoms with van der Waals surface area (Å²) in [4.78, 5) is 35.4. The molecule has 0 aliphatic carbocycles. The summed E-state index contributed by atoms with van der Waals surface area (Å²) < 4.78 is 23.5. The lowest BCUT2D eigenvalue weighted by atomic mass is 10.1. The van der Waals surface area contributed by atoms with E-state index in [1.807, 2.05) is 0 Å². The van der Waals surface area contributed by atoms with Gasteiger partial charge >= 0.3 is 5.97 Å². The van der Waals surface area contributed by atoms with Gasteiger partial charge in [0.05, 0.1) is 6.61 Å². The van der Waals surface area contributed by atoms with Crippen LogP contribution in [0, 0.1) is 5.82 Å². The molecule has 0 fully saturated rings. The van der Waals surface area contributed by atoms with Gasteiger partial charge in [-0.25, -0.2) is 9.18 Å². The van der Waals surface area contributed by atoms with Crippen molar-refractivity contribution in [2.75, 3.05) is 6.61 Å². The van der Waals surface area contributed by atoms with Crippen molar-refractivity contribution >= 4 is 17.5 Å². The molecule has 0 unspecified atom stereocenters. The Balaban J connectivity index is 1.49. The lowest BCUT2D eigenvalue weighted by molar-refractivity contribution is 0.0459. The largest absolute Gasteiger partial charge is 0.460 e. The number of benzene rings is 2. The third-order valence-electron chi connectivity index (χ3n) is 4.33. The lowest BCUT2D eigenvalue weighted by Crippen LogP contribution is -2.07. The second-order valence-corrected chi connectivity index (χ2v) is 6.47. The average molecular weight is 394 g/mol. The van der Waals surface area contributed by atoms with Crippen molar-refractivity contribution in [3.05, 3.63) is 83.4 Å². The third kappa shape index (κ3) is 5.25. The molecule has 5 nitrogen and oxygen atoms in total. The topological polar surface area (TPSA) is 73.6 Å². The second-order valence-electron chi connectivity index (χ2n) is 6.47. The molecule has 3 rings (SSSR count). The van der Waals surface area contributed by atoms with Crippen LogP contribution >= 0.6 is 0 Å². The number of carbonyl (C=O) groups excluding carboxylic acids is 3. The predicted octanol–water partition coefficient (Wildman–Crippen LogP) is 5.11. The van der Waals surface area contributed by atoms with Gasteiger partial charge in [0.15, 0.2) is 11.6 Å². The first-order chi connectivity index (χ1) is 13.9. The summed E-state index contributed by atoms with van der Waals surface area (Å²) >= 11 is 0. The van der Waals surface area contributed by atoms with E-state index in [-0.39, 0.29) is 30.4 Å². The zero-order valence-corrected chi connectivity index (χ0v) is 15.8. The van der Waals surface area contributed by atoms with Crippen LogP contribution in [-0.2, 0) is 4.74 Å². The zero-order chi connectivity index (χ0) is 20.8. The van der Waals surface area contributed by atoms with E-state index in [2.05, 4.69) is 0 Å². The monoisotopic (exact) mass is 394 g/mol. The molecule has 0 amide bonds. The van der Waals surface area contributed by atoms with Gasteiger partial charge in [-0.2, -0.15) is 0 Å². The molecular formula is C23H19FO5. The molecular weight excluding hydrogens is 375 g/mol. The third-order valence-corrected chi connectivity index (χ3v) is 4.33. The number of hydrogen-bond donors (Lipinski definition) is 0. The molecule has 6 heteroatoms. The highest BCUT2D eigenvalue weighted by Gasteiger charge is 2.14. The SMILES string of the molecule is CC(=O)c1ccc(-c2ccc(C(=O)OCCCC(=O)c3ccc(F)cc3)o2)cc1. The number of ether oxygens (including phenoxy) is 1. The Bertz CT molecular complexity index is 1020. The Kier molecular flexibility index (Phi) is 6.34. The summed E-state index contributed by atoms with van der Waals surface area (Å²) in [5.41, 5.74) is 1.75. The minimum atomic E-state index is -0.620. The summed E-state index contributed by atoms with van der Waals surface area (Å²) in [6.07, 6.45) is 0.535. The molecule has 2 aromatic carbocycles. The number of esters is 1. The van der Waals surface area contributed by atoms with Gasteiger partial charge < -0.3 is 9.15 Å². The molecule has 1 aromatic heterocycles. The van der Waals surface area contributed by atoms with E-state index in [0.29, 0.717) is 23.3 Å². The first-order valence-corrected chi connectivity index (χ1v) is 9.11. The molecule has 148 valence electrons. The highest BCUT2D eigenvalue weighted by Crippen LogP contribution is 2.23. The molecule has 0 atom stereocenters. The Morgan fingerprint density at radius 2 is 1.55 bits per heavy atom.